The standard InChI is InChI=1S/C24H26N4OS/c1-17-13-18(2)15-19(14-17)28(12-6-10-25)23(29)16-27-11-5-8-21(27)24-26-20-7-3-4-9-22(20)30-24/h3-4,7,9,13-15,21H,5-6,8,11-12,16H2,1-2H3. The summed E-state index contributed by atoms with van der Waals surface area (Å²) >= 11 is 1.73. The third-order valence-electron chi connectivity index (χ3n) is 5.56. The van der Waals surface area contributed by atoms with Crippen molar-refractivity contribution < 1.29 is 4.79 Å². The number of hydrogen-bond acceptors (Lipinski definition) is 5. The summed E-state index contributed by atoms with van der Waals surface area (Å²) in [6.07, 6.45) is 2.41. The molecule has 1 fully saturated rings. The number of carbonyl (C=O) groups is 1. The van der Waals surface area contributed by atoms with E-state index in [1.165, 1.54) is 4.70 Å². The van der Waals surface area contributed by atoms with E-state index in [1.807, 2.05) is 44.2 Å². The minimum atomic E-state index is 0.0447. The van der Waals surface area contributed by atoms with Crippen LogP contribution < -0.4 is 4.90 Å². The Morgan fingerprint density at radius 1 is 1.27 bits per heavy atom. The summed E-state index contributed by atoms with van der Waals surface area (Å²) in [4.78, 5) is 22.2. The normalized spacial score (nSPS) is 16.6. The molecule has 30 heavy (non-hydrogen) atoms. The molecule has 0 spiro atoms. The van der Waals surface area contributed by atoms with E-state index in [2.05, 4.69) is 23.1 Å². The Morgan fingerprint density at radius 3 is 2.77 bits per heavy atom. The lowest BCUT2D eigenvalue weighted by atomic mass is 10.1. The monoisotopic (exact) mass is 418 g/mol. The Bertz CT molecular complexity index is 1050. The van der Waals surface area contributed by atoms with Crippen LogP contribution in [0.2, 0.25) is 0 Å². The number of likely N-dealkylation sites (tertiary alicyclic amines) is 1. The van der Waals surface area contributed by atoms with Gasteiger partial charge in [-0.3, -0.25) is 9.69 Å². The molecule has 1 amide bonds. The predicted molar refractivity (Wildman–Crippen MR) is 122 cm³/mol. The number of fused-ring (bicyclic) bond motifs is 1. The molecule has 1 aromatic heterocycles. The highest BCUT2D eigenvalue weighted by Crippen LogP contribution is 2.36. The number of para-hydroxylation sites is 1. The number of carbonyl (C=O) groups excluding carboxylic acids is 1. The van der Waals surface area contributed by atoms with E-state index in [1.54, 1.807) is 16.2 Å². The topological polar surface area (TPSA) is 60.2 Å². The highest BCUT2D eigenvalue weighted by atomic mass is 32.1. The van der Waals surface area contributed by atoms with Crippen molar-refractivity contribution in [1.82, 2.24) is 9.88 Å². The first-order valence-corrected chi connectivity index (χ1v) is 11.2. The number of aromatic nitrogens is 1. The van der Waals surface area contributed by atoms with Gasteiger partial charge in [0.15, 0.2) is 0 Å². The van der Waals surface area contributed by atoms with Crippen LogP contribution in [0.4, 0.5) is 5.69 Å². The number of nitrogens with zero attached hydrogens (tertiary/aromatic N) is 4. The second kappa shape index (κ2) is 8.95. The summed E-state index contributed by atoms with van der Waals surface area (Å²) in [6.45, 7) is 5.72. The van der Waals surface area contributed by atoms with E-state index in [-0.39, 0.29) is 11.9 Å². The minimum absolute atomic E-state index is 0.0447. The van der Waals surface area contributed by atoms with E-state index in [0.29, 0.717) is 19.5 Å². The number of anilines is 1. The van der Waals surface area contributed by atoms with Crippen molar-refractivity contribution >= 4 is 33.1 Å². The molecule has 2 aromatic carbocycles. The van der Waals surface area contributed by atoms with Gasteiger partial charge >= 0.3 is 0 Å². The van der Waals surface area contributed by atoms with Crippen molar-refractivity contribution in [2.45, 2.75) is 39.2 Å². The lowest BCUT2D eigenvalue weighted by molar-refractivity contribution is -0.120. The molecule has 1 aliphatic heterocycles. The number of thiazole rings is 1. The van der Waals surface area contributed by atoms with Crippen molar-refractivity contribution in [2.75, 3.05) is 24.5 Å². The number of rotatable bonds is 6. The molecule has 2 heterocycles. The fourth-order valence-corrected chi connectivity index (χ4v) is 5.39. The van der Waals surface area contributed by atoms with Crippen molar-refractivity contribution in [3.05, 3.63) is 58.6 Å². The third kappa shape index (κ3) is 4.38. The van der Waals surface area contributed by atoms with E-state index in [9.17, 15) is 4.79 Å². The Balaban J connectivity index is 1.55. The van der Waals surface area contributed by atoms with Crippen LogP contribution in [-0.2, 0) is 4.79 Å². The Kier molecular flexibility index (Phi) is 6.12. The number of aryl methyl sites for hydroxylation is 2. The molecule has 1 unspecified atom stereocenters. The van der Waals surface area contributed by atoms with Crippen LogP contribution >= 0.6 is 11.3 Å². The summed E-state index contributed by atoms with van der Waals surface area (Å²) < 4.78 is 1.19. The molecular weight excluding hydrogens is 392 g/mol. The van der Waals surface area contributed by atoms with Gasteiger partial charge in [0.05, 0.1) is 35.3 Å². The molecule has 6 heteroatoms. The third-order valence-corrected chi connectivity index (χ3v) is 6.70. The molecule has 1 atom stereocenters. The van der Waals surface area contributed by atoms with Crippen molar-refractivity contribution in [3.63, 3.8) is 0 Å². The first kappa shape index (κ1) is 20.5. The maximum Gasteiger partial charge on any atom is 0.241 e. The molecule has 3 aromatic rings. The zero-order valence-electron chi connectivity index (χ0n) is 17.5. The smallest absolute Gasteiger partial charge is 0.241 e. The molecule has 0 N–H and O–H groups in total. The Hall–Kier alpha value is -2.75. The molecule has 0 bridgehead atoms. The van der Waals surface area contributed by atoms with Gasteiger partial charge in [0, 0.05) is 12.2 Å². The predicted octanol–water partition coefficient (Wildman–Crippen LogP) is 5.00. The van der Waals surface area contributed by atoms with Gasteiger partial charge in [-0.25, -0.2) is 4.98 Å². The molecule has 1 aliphatic rings. The first-order valence-electron chi connectivity index (χ1n) is 10.4. The largest absolute Gasteiger partial charge is 0.310 e. The SMILES string of the molecule is Cc1cc(C)cc(N(CCC#N)C(=O)CN2CCCC2c2nc3ccccc3s2)c1. The molecular formula is C24H26N4OS. The summed E-state index contributed by atoms with van der Waals surface area (Å²) in [5.74, 6) is 0.0447. The van der Waals surface area contributed by atoms with E-state index in [4.69, 9.17) is 10.2 Å². The average molecular weight is 419 g/mol. The maximum absolute atomic E-state index is 13.3. The van der Waals surface area contributed by atoms with Crippen LogP contribution in [0, 0.1) is 25.2 Å². The second-order valence-corrected chi connectivity index (χ2v) is 9.01. The van der Waals surface area contributed by atoms with Crippen LogP contribution in [0.15, 0.2) is 42.5 Å². The van der Waals surface area contributed by atoms with Crippen molar-refractivity contribution in [1.29, 1.82) is 5.26 Å². The van der Waals surface area contributed by atoms with Crippen LogP contribution in [0.5, 0.6) is 0 Å². The maximum atomic E-state index is 13.3. The zero-order valence-corrected chi connectivity index (χ0v) is 18.3. The van der Waals surface area contributed by atoms with Crippen LogP contribution in [0.1, 0.15) is 41.4 Å². The number of hydrogen-bond donors (Lipinski definition) is 0. The summed E-state index contributed by atoms with van der Waals surface area (Å²) in [5, 5.41) is 10.2. The van der Waals surface area contributed by atoms with E-state index in [0.717, 1.165) is 46.7 Å². The minimum Gasteiger partial charge on any atom is -0.310 e. The lowest BCUT2D eigenvalue weighted by Crippen LogP contribution is -2.41. The van der Waals surface area contributed by atoms with Crippen LogP contribution in [0.25, 0.3) is 10.2 Å². The van der Waals surface area contributed by atoms with E-state index < -0.39 is 0 Å². The molecule has 4 rings (SSSR count). The van der Waals surface area contributed by atoms with Gasteiger partial charge in [0.1, 0.15) is 5.01 Å². The average Bonchev–Trinajstić information content (AvgIpc) is 3.33. The van der Waals surface area contributed by atoms with Gasteiger partial charge in [0.2, 0.25) is 5.91 Å². The summed E-state index contributed by atoms with van der Waals surface area (Å²) in [5.41, 5.74) is 4.15. The Morgan fingerprint density at radius 2 is 2.03 bits per heavy atom. The highest BCUT2D eigenvalue weighted by molar-refractivity contribution is 7.18. The fraction of sp³-hybridized carbons (Fsp3) is 0.375. The summed E-state index contributed by atoms with van der Waals surface area (Å²) in [7, 11) is 0. The van der Waals surface area contributed by atoms with Crippen molar-refractivity contribution in [2.24, 2.45) is 0 Å². The highest BCUT2D eigenvalue weighted by Gasteiger charge is 2.31. The number of amides is 1. The van der Waals surface area contributed by atoms with Gasteiger partial charge in [-0.2, -0.15) is 5.26 Å². The molecule has 0 radical (unpaired) electrons. The van der Waals surface area contributed by atoms with Gasteiger partial charge in [-0.1, -0.05) is 18.2 Å². The van der Waals surface area contributed by atoms with Gasteiger partial charge in [-0.15, -0.1) is 11.3 Å². The molecule has 0 aliphatic carbocycles. The van der Waals surface area contributed by atoms with E-state index >= 15 is 0 Å². The quantitative estimate of drug-likeness (QED) is 0.565. The molecule has 5 nitrogen and oxygen atoms in total. The van der Waals surface area contributed by atoms with Gasteiger partial charge in [0.25, 0.3) is 0 Å². The fourth-order valence-electron chi connectivity index (χ4n) is 4.25. The number of nitriles is 1. The van der Waals surface area contributed by atoms with Gasteiger partial charge in [-0.05, 0) is 68.6 Å². The molecule has 0 saturated carbocycles. The van der Waals surface area contributed by atoms with Crippen LogP contribution in [0.3, 0.4) is 0 Å². The molecule has 154 valence electrons. The first-order chi connectivity index (χ1) is 14.5. The zero-order chi connectivity index (χ0) is 21.1. The van der Waals surface area contributed by atoms with Crippen LogP contribution in [-0.4, -0.2) is 35.4 Å². The Labute approximate surface area is 181 Å². The van der Waals surface area contributed by atoms with Gasteiger partial charge < -0.3 is 4.90 Å². The second-order valence-electron chi connectivity index (χ2n) is 7.95. The summed E-state index contributed by atoms with van der Waals surface area (Å²) in [6, 6.07) is 16.7. The lowest BCUT2D eigenvalue weighted by Gasteiger charge is -2.28. The number of benzene rings is 2. The molecule has 1 saturated heterocycles. The van der Waals surface area contributed by atoms with Crippen molar-refractivity contribution in [3.8, 4) is 6.07 Å².